The van der Waals surface area contributed by atoms with Crippen LogP contribution >= 0.6 is 11.3 Å². The van der Waals surface area contributed by atoms with Crippen molar-refractivity contribution in [1.29, 1.82) is 0 Å². The zero-order valence-corrected chi connectivity index (χ0v) is 16.3. The van der Waals surface area contributed by atoms with E-state index < -0.39 is 24.0 Å². The van der Waals surface area contributed by atoms with E-state index >= 15 is 0 Å². The Balaban J connectivity index is 0.000000339. The lowest BCUT2D eigenvalue weighted by molar-refractivity contribution is -0.192. The Morgan fingerprint density at radius 3 is 2.45 bits per heavy atom. The Kier molecular flexibility index (Phi) is 6.31. The number of H-pyrrole nitrogens is 1. The Labute approximate surface area is 174 Å². The minimum atomic E-state index is -5.08. The first-order chi connectivity index (χ1) is 14.4. The van der Waals surface area contributed by atoms with E-state index in [0.717, 1.165) is 22.7 Å². The smallest absolute Gasteiger partial charge is 0.475 e. The second kappa shape index (κ2) is 8.49. The van der Waals surface area contributed by atoms with Gasteiger partial charge in [0.1, 0.15) is 0 Å². The summed E-state index contributed by atoms with van der Waals surface area (Å²) in [5.41, 5.74) is -2.12. The van der Waals surface area contributed by atoms with Gasteiger partial charge >= 0.3 is 18.3 Å². The van der Waals surface area contributed by atoms with Gasteiger partial charge in [0.05, 0.1) is 4.88 Å². The van der Waals surface area contributed by atoms with E-state index in [0.29, 0.717) is 18.9 Å². The van der Waals surface area contributed by atoms with Gasteiger partial charge in [0.25, 0.3) is 5.66 Å². The molecule has 31 heavy (non-hydrogen) atoms. The molecule has 0 radical (unpaired) electrons. The van der Waals surface area contributed by atoms with Crippen LogP contribution in [0.25, 0.3) is 10.7 Å². The summed E-state index contributed by atoms with van der Waals surface area (Å²) in [4.78, 5) is 13.1. The number of carboxylic acid groups (broad SMARTS) is 1. The number of rotatable bonds is 5. The van der Waals surface area contributed by atoms with Crippen molar-refractivity contribution in [2.75, 3.05) is 13.1 Å². The third-order valence-corrected chi connectivity index (χ3v) is 5.65. The topological polar surface area (TPSA) is 120 Å². The van der Waals surface area contributed by atoms with Gasteiger partial charge in [0, 0.05) is 24.4 Å². The fraction of sp³-hybridized carbons (Fsp3) is 0.600. The predicted molar refractivity (Wildman–Crippen MR) is 92.8 cm³/mol. The van der Waals surface area contributed by atoms with Crippen LogP contribution in [0.2, 0.25) is 0 Å². The molecule has 2 aliphatic rings. The van der Waals surface area contributed by atoms with Gasteiger partial charge in [-0.1, -0.05) is 0 Å². The first-order valence-electron chi connectivity index (χ1n) is 8.75. The van der Waals surface area contributed by atoms with Crippen LogP contribution in [0.1, 0.15) is 17.7 Å². The maximum absolute atomic E-state index is 12.9. The largest absolute Gasteiger partial charge is 0.490 e. The molecule has 2 aromatic rings. The Morgan fingerprint density at radius 2 is 1.94 bits per heavy atom. The minimum Gasteiger partial charge on any atom is -0.475 e. The van der Waals surface area contributed by atoms with Crippen LogP contribution in [0, 0.1) is 5.92 Å². The molecular formula is C15H15F6N7O2S. The quantitative estimate of drug-likeness (QED) is 0.645. The maximum atomic E-state index is 12.9. The number of aromatic nitrogens is 4. The molecule has 2 N–H and O–H groups in total. The lowest BCUT2D eigenvalue weighted by atomic mass is 9.96. The van der Waals surface area contributed by atoms with Crippen molar-refractivity contribution in [2.45, 2.75) is 37.4 Å². The van der Waals surface area contributed by atoms with E-state index in [1.54, 1.807) is 11.3 Å². The highest BCUT2D eigenvalue weighted by atomic mass is 32.1. The van der Waals surface area contributed by atoms with Crippen molar-refractivity contribution >= 4 is 17.3 Å². The number of likely N-dealkylation sites (tertiary alicyclic amines) is 1. The molecule has 1 fully saturated rings. The number of nitrogens with one attached hydrogen (secondary N) is 1. The van der Waals surface area contributed by atoms with E-state index in [9.17, 15) is 26.3 Å². The standard InChI is InChI=1S/C13H14F3N7S.C2HF3O2/c14-13(15,16)12(19-20-12)5-8-3-4-23(6-8)7-9-1-2-10(24-9)11-17-21-22-18-11;3-2(4,5)1(6)7/h1-2,8H,3-7H2,(H,17,18,21,22);(H,6,7). The molecule has 2 aliphatic heterocycles. The Bertz CT molecular complexity index is 921. The van der Waals surface area contributed by atoms with Crippen molar-refractivity contribution in [3.05, 3.63) is 17.0 Å². The Hall–Kier alpha value is -2.62. The number of alkyl halides is 6. The normalized spacial score (nSPS) is 20.4. The van der Waals surface area contributed by atoms with Gasteiger partial charge < -0.3 is 5.11 Å². The summed E-state index contributed by atoms with van der Waals surface area (Å²) in [5.74, 6) is -2.24. The number of aromatic amines is 1. The molecule has 0 saturated carbocycles. The molecule has 16 heteroatoms. The van der Waals surface area contributed by atoms with Gasteiger partial charge in [0.15, 0.2) is 0 Å². The number of nitrogens with zero attached hydrogens (tertiary/aromatic N) is 6. The third kappa shape index (κ3) is 5.75. The summed E-state index contributed by atoms with van der Waals surface area (Å²) < 4.78 is 70.5. The average Bonchev–Trinajstić information content (AvgIpc) is 3.07. The molecule has 0 aliphatic carbocycles. The number of tetrazole rings is 1. The van der Waals surface area contributed by atoms with E-state index in [2.05, 4.69) is 35.8 Å². The molecule has 0 bridgehead atoms. The van der Waals surface area contributed by atoms with Crippen LogP contribution in [-0.2, 0) is 11.3 Å². The highest BCUT2D eigenvalue weighted by Crippen LogP contribution is 2.49. The van der Waals surface area contributed by atoms with Crippen molar-refractivity contribution in [3.63, 3.8) is 0 Å². The summed E-state index contributed by atoms with van der Waals surface area (Å²) in [6.45, 7) is 2.14. The van der Waals surface area contributed by atoms with E-state index in [1.807, 2.05) is 12.1 Å². The fourth-order valence-corrected chi connectivity index (χ4v) is 4.05. The molecule has 0 spiro atoms. The first kappa shape index (κ1) is 23.1. The molecule has 4 heterocycles. The van der Waals surface area contributed by atoms with Crippen LogP contribution in [0.15, 0.2) is 22.4 Å². The summed E-state index contributed by atoms with van der Waals surface area (Å²) >= 11 is 1.56. The molecule has 0 aromatic carbocycles. The molecule has 4 rings (SSSR count). The molecule has 170 valence electrons. The molecule has 2 aromatic heterocycles. The van der Waals surface area contributed by atoms with E-state index in [4.69, 9.17) is 9.90 Å². The number of carbonyl (C=O) groups is 1. The van der Waals surface area contributed by atoms with Gasteiger partial charge in [-0.05, 0) is 36.2 Å². The summed E-state index contributed by atoms with van der Waals surface area (Å²) in [6, 6.07) is 3.92. The second-order valence-electron chi connectivity index (χ2n) is 6.91. The van der Waals surface area contributed by atoms with Crippen LogP contribution in [0.4, 0.5) is 26.3 Å². The lowest BCUT2D eigenvalue weighted by Crippen LogP contribution is -2.35. The number of carboxylic acids is 1. The summed E-state index contributed by atoms with van der Waals surface area (Å²) in [7, 11) is 0. The first-order valence-corrected chi connectivity index (χ1v) is 9.57. The SMILES string of the molecule is FC(F)(F)C1(CC2CCN(Cc3ccc(-c4nn[nH]n4)s3)C2)N=N1.O=C(O)C(F)(F)F. The van der Waals surface area contributed by atoms with Gasteiger partial charge in [-0.25, -0.2) is 4.79 Å². The van der Waals surface area contributed by atoms with Gasteiger partial charge in [0.2, 0.25) is 5.82 Å². The molecule has 9 nitrogen and oxygen atoms in total. The molecular weight excluding hydrogens is 456 g/mol. The van der Waals surface area contributed by atoms with Gasteiger partial charge in [-0.2, -0.15) is 31.6 Å². The zero-order valence-electron chi connectivity index (χ0n) is 15.5. The average molecular weight is 471 g/mol. The van der Waals surface area contributed by atoms with Gasteiger partial charge in [-0.15, -0.1) is 31.8 Å². The second-order valence-corrected chi connectivity index (χ2v) is 8.08. The number of hydrogen-bond acceptors (Lipinski definition) is 8. The molecule has 1 atom stereocenters. The number of hydrogen-bond donors (Lipinski definition) is 2. The molecule has 1 unspecified atom stereocenters. The van der Waals surface area contributed by atoms with Crippen LogP contribution in [0.3, 0.4) is 0 Å². The van der Waals surface area contributed by atoms with Crippen LogP contribution in [-0.4, -0.2) is 67.7 Å². The highest BCUT2D eigenvalue weighted by Gasteiger charge is 2.64. The summed E-state index contributed by atoms with van der Waals surface area (Å²) in [6.07, 6.45) is -8.74. The van der Waals surface area contributed by atoms with Crippen LogP contribution in [0.5, 0.6) is 0 Å². The molecule has 0 amide bonds. The number of halogens is 6. The van der Waals surface area contributed by atoms with Crippen molar-refractivity contribution in [2.24, 2.45) is 16.1 Å². The van der Waals surface area contributed by atoms with E-state index in [-0.39, 0.29) is 12.3 Å². The summed E-state index contributed by atoms with van der Waals surface area (Å²) in [5, 5.41) is 27.5. The number of aliphatic carboxylic acids is 1. The van der Waals surface area contributed by atoms with Crippen molar-refractivity contribution in [3.8, 4) is 10.7 Å². The Morgan fingerprint density at radius 1 is 1.26 bits per heavy atom. The molecule has 1 saturated heterocycles. The zero-order chi connectivity index (χ0) is 22.9. The lowest BCUT2D eigenvalue weighted by Gasteiger charge is -2.19. The highest BCUT2D eigenvalue weighted by molar-refractivity contribution is 7.15. The fourth-order valence-electron chi connectivity index (χ4n) is 3.07. The minimum absolute atomic E-state index is 0.0294. The van der Waals surface area contributed by atoms with Gasteiger partial charge in [-0.3, -0.25) is 4.90 Å². The monoisotopic (exact) mass is 471 g/mol. The van der Waals surface area contributed by atoms with Crippen molar-refractivity contribution in [1.82, 2.24) is 25.5 Å². The third-order valence-electron chi connectivity index (χ3n) is 4.59. The maximum Gasteiger partial charge on any atom is 0.490 e. The van der Waals surface area contributed by atoms with E-state index in [1.165, 1.54) is 0 Å². The predicted octanol–water partition coefficient (Wildman–Crippen LogP) is 3.50. The van der Waals surface area contributed by atoms with Crippen molar-refractivity contribution < 1.29 is 36.2 Å². The number of thiophene rings is 1. The van der Waals surface area contributed by atoms with Crippen LogP contribution < -0.4 is 0 Å².